The molecule has 0 bridgehead atoms. The zero-order valence-corrected chi connectivity index (χ0v) is 12.3. The lowest BCUT2D eigenvalue weighted by molar-refractivity contribution is 0.0952. The van der Waals surface area contributed by atoms with E-state index in [4.69, 9.17) is 6.42 Å². The Kier molecular flexibility index (Phi) is 7.81. The molecule has 0 aromatic heterocycles. The molecule has 0 radical (unpaired) electrons. The molecule has 0 atom stereocenters. The van der Waals surface area contributed by atoms with Crippen molar-refractivity contribution in [2.24, 2.45) is 0 Å². The van der Waals surface area contributed by atoms with Gasteiger partial charge in [0, 0.05) is 18.5 Å². The summed E-state index contributed by atoms with van der Waals surface area (Å²) in [6.45, 7) is 0.616. The van der Waals surface area contributed by atoms with Crippen LogP contribution in [0.15, 0.2) is 18.2 Å². The Morgan fingerprint density at radius 3 is 2.38 bits per heavy atom. The molecule has 0 unspecified atom stereocenters. The van der Waals surface area contributed by atoms with Crippen LogP contribution in [0.4, 0.5) is 0 Å². The van der Waals surface area contributed by atoms with Crippen molar-refractivity contribution >= 4 is 5.91 Å². The van der Waals surface area contributed by atoms with Crippen LogP contribution in [0.1, 0.15) is 55.3 Å². The van der Waals surface area contributed by atoms with Crippen molar-refractivity contribution < 1.29 is 15.0 Å². The predicted octanol–water partition coefficient (Wildman–Crippen LogP) is 3.19. The molecule has 1 amide bonds. The van der Waals surface area contributed by atoms with Gasteiger partial charge in [-0.3, -0.25) is 4.79 Å². The molecule has 0 saturated heterocycles. The molecule has 0 aliphatic rings. The SMILES string of the molecule is C#CCCCCCCCCNC(=O)c1ccc(O)c(O)c1. The number of aromatic hydroxyl groups is 2. The van der Waals surface area contributed by atoms with Crippen molar-refractivity contribution in [2.75, 3.05) is 6.54 Å². The van der Waals surface area contributed by atoms with E-state index in [1.165, 1.54) is 31.0 Å². The van der Waals surface area contributed by atoms with Crippen molar-refractivity contribution in [3.8, 4) is 23.8 Å². The molecule has 0 fully saturated rings. The van der Waals surface area contributed by atoms with Crippen LogP contribution in [0, 0.1) is 12.3 Å². The van der Waals surface area contributed by atoms with Gasteiger partial charge in [0.05, 0.1) is 0 Å². The third kappa shape index (κ3) is 6.71. The molecule has 1 aromatic carbocycles. The van der Waals surface area contributed by atoms with E-state index in [1.807, 2.05) is 0 Å². The van der Waals surface area contributed by atoms with E-state index in [0.29, 0.717) is 12.1 Å². The second kappa shape index (κ2) is 9.71. The van der Waals surface area contributed by atoms with Crippen LogP contribution < -0.4 is 5.32 Å². The summed E-state index contributed by atoms with van der Waals surface area (Å²) in [7, 11) is 0. The second-order valence-corrected chi connectivity index (χ2v) is 5.03. The van der Waals surface area contributed by atoms with Crippen molar-refractivity contribution in [3.63, 3.8) is 0 Å². The van der Waals surface area contributed by atoms with Crippen LogP contribution in [-0.4, -0.2) is 22.7 Å². The quantitative estimate of drug-likeness (QED) is 0.371. The van der Waals surface area contributed by atoms with Crippen LogP contribution >= 0.6 is 0 Å². The lowest BCUT2D eigenvalue weighted by Gasteiger charge is -2.06. The normalized spacial score (nSPS) is 10.0. The second-order valence-electron chi connectivity index (χ2n) is 5.03. The number of carbonyl (C=O) groups excluding carboxylic acids is 1. The summed E-state index contributed by atoms with van der Waals surface area (Å²) in [5.74, 6) is 1.89. The Labute approximate surface area is 126 Å². The predicted molar refractivity (Wildman–Crippen MR) is 83.3 cm³/mol. The van der Waals surface area contributed by atoms with Gasteiger partial charge in [0.1, 0.15) is 0 Å². The van der Waals surface area contributed by atoms with Gasteiger partial charge in [-0.15, -0.1) is 12.3 Å². The van der Waals surface area contributed by atoms with E-state index in [2.05, 4.69) is 11.2 Å². The van der Waals surface area contributed by atoms with Gasteiger partial charge in [-0.25, -0.2) is 0 Å². The molecule has 3 N–H and O–H groups in total. The fourth-order valence-electron chi connectivity index (χ4n) is 2.03. The number of amides is 1. The highest BCUT2D eigenvalue weighted by molar-refractivity contribution is 5.94. The highest BCUT2D eigenvalue weighted by atomic mass is 16.3. The van der Waals surface area contributed by atoms with Gasteiger partial charge in [0.25, 0.3) is 5.91 Å². The fraction of sp³-hybridized carbons (Fsp3) is 0.471. The van der Waals surface area contributed by atoms with Crippen molar-refractivity contribution in [2.45, 2.75) is 44.9 Å². The average molecular weight is 289 g/mol. The van der Waals surface area contributed by atoms with Crippen LogP contribution in [0.25, 0.3) is 0 Å². The van der Waals surface area contributed by atoms with E-state index >= 15 is 0 Å². The maximum atomic E-state index is 11.8. The maximum Gasteiger partial charge on any atom is 0.251 e. The number of nitrogens with one attached hydrogen (secondary N) is 1. The third-order valence-corrected chi connectivity index (χ3v) is 3.27. The first kappa shape index (κ1) is 16.9. The van der Waals surface area contributed by atoms with Crippen molar-refractivity contribution in [3.05, 3.63) is 23.8 Å². The highest BCUT2D eigenvalue weighted by Crippen LogP contribution is 2.24. The summed E-state index contributed by atoms with van der Waals surface area (Å²) in [5, 5.41) is 21.3. The molecular formula is C17H23NO3. The number of hydrogen-bond acceptors (Lipinski definition) is 3. The smallest absolute Gasteiger partial charge is 0.251 e. The number of hydrogen-bond donors (Lipinski definition) is 3. The van der Waals surface area contributed by atoms with Gasteiger partial charge in [-0.2, -0.15) is 0 Å². The fourth-order valence-corrected chi connectivity index (χ4v) is 2.03. The first-order chi connectivity index (χ1) is 10.1. The van der Waals surface area contributed by atoms with Gasteiger partial charge in [-0.05, 0) is 31.0 Å². The van der Waals surface area contributed by atoms with E-state index in [9.17, 15) is 15.0 Å². The summed E-state index contributed by atoms with van der Waals surface area (Å²) in [6.07, 6.45) is 12.7. The monoisotopic (exact) mass is 289 g/mol. The number of phenols is 2. The Bertz CT molecular complexity index is 491. The van der Waals surface area contributed by atoms with Crippen LogP contribution in [0.3, 0.4) is 0 Å². The zero-order chi connectivity index (χ0) is 15.5. The maximum absolute atomic E-state index is 11.8. The topological polar surface area (TPSA) is 69.6 Å². The third-order valence-electron chi connectivity index (χ3n) is 3.27. The van der Waals surface area contributed by atoms with Gasteiger partial charge in [-0.1, -0.05) is 25.7 Å². The average Bonchev–Trinajstić information content (AvgIpc) is 2.48. The van der Waals surface area contributed by atoms with Crippen molar-refractivity contribution in [1.29, 1.82) is 0 Å². The zero-order valence-electron chi connectivity index (χ0n) is 12.3. The van der Waals surface area contributed by atoms with Crippen molar-refractivity contribution in [1.82, 2.24) is 5.32 Å². The number of rotatable bonds is 9. The summed E-state index contributed by atoms with van der Waals surface area (Å²) < 4.78 is 0. The molecule has 0 heterocycles. The Morgan fingerprint density at radius 1 is 1.05 bits per heavy atom. The largest absolute Gasteiger partial charge is 0.504 e. The van der Waals surface area contributed by atoms with Gasteiger partial charge >= 0.3 is 0 Å². The summed E-state index contributed by atoms with van der Waals surface area (Å²) >= 11 is 0. The minimum absolute atomic E-state index is 0.226. The standard InChI is InChI=1S/C17H23NO3/c1-2-3-4-5-6-7-8-9-12-18-17(21)14-10-11-15(19)16(20)13-14/h1,10-11,13,19-20H,3-9,12H2,(H,18,21). The summed E-state index contributed by atoms with van der Waals surface area (Å²) in [5.41, 5.74) is 0.347. The molecule has 4 nitrogen and oxygen atoms in total. The highest BCUT2D eigenvalue weighted by Gasteiger charge is 2.07. The van der Waals surface area contributed by atoms with Gasteiger partial charge in [0.15, 0.2) is 11.5 Å². The molecule has 0 spiro atoms. The van der Waals surface area contributed by atoms with Crippen LogP contribution in [-0.2, 0) is 0 Å². The molecule has 0 aliphatic carbocycles. The first-order valence-electron chi connectivity index (χ1n) is 7.39. The molecular weight excluding hydrogens is 266 g/mol. The minimum atomic E-state index is -0.283. The van der Waals surface area contributed by atoms with E-state index in [1.54, 1.807) is 0 Å². The molecule has 4 heteroatoms. The Morgan fingerprint density at radius 2 is 1.71 bits per heavy atom. The van der Waals surface area contributed by atoms with E-state index in [0.717, 1.165) is 32.1 Å². The van der Waals surface area contributed by atoms with E-state index in [-0.39, 0.29) is 17.4 Å². The number of benzene rings is 1. The molecule has 114 valence electrons. The summed E-state index contributed by atoms with van der Waals surface area (Å²) in [6, 6.07) is 4.05. The minimum Gasteiger partial charge on any atom is -0.504 e. The number of unbranched alkanes of at least 4 members (excludes halogenated alkanes) is 6. The van der Waals surface area contributed by atoms with Gasteiger partial charge < -0.3 is 15.5 Å². The molecule has 0 aliphatic heterocycles. The van der Waals surface area contributed by atoms with Crippen LogP contribution in [0.2, 0.25) is 0 Å². The Hall–Kier alpha value is -2.15. The molecule has 21 heavy (non-hydrogen) atoms. The molecule has 1 aromatic rings. The van der Waals surface area contributed by atoms with Gasteiger partial charge in [0.2, 0.25) is 0 Å². The first-order valence-corrected chi connectivity index (χ1v) is 7.39. The molecule has 1 rings (SSSR count). The number of phenolic OH excluding ortho intramolecular Hbond substituents is 2. The lowest BCUT2D eigenvalue weighted by Crippen LogP contribution is -2.24. The molecule has 0 saturated carbocycles. The Balaban J connectivity index is 2.11. The van der Waals surface area contributed by atoms with Crippen LogP contribution in [0.5, 0.6) is 11.5 Å². The lowest BCUT2D eigenvalue weighted by atomic mass is 10.1. The summed E-state index contributed by atoms with van der Waals surface area (Å²) in [4.78, 5) is 11.8. The number of terminal acetylenes is 1. The van der Waals surface area contributed by atoms with E-state index < -0.39 is 0 Å². The number of carbonyl (C=O) groups is 1.